The van der Waals surface area contributed by atoms with Gasteiger partial charge in [-0.05, 0) is 43.7 Å². The van der Waals surface area contributed by atoms with E-state index in [1.807, 2.05) is 18.2 Å². The lowest BCUT2D eigenvalue weighted by Gasteiger charge is -2.49. The highest BCUT2D eigenvalue weighted by atomic mass is 16.5. The van der Waals surface area contributed by atoms with Gasteiger partial charge in [-0.3, -0.25) is 4.79 Å². The van der Waals surface area contributed by atoms with Crippen LogP contribution in [0.3, 0.4) is 0 Å². The van der Waals surface area contributed by atoms with E-state index in [2.05, 4.69) is 11.0 Å². The number of hydrogen-bond donors (Lipinski definition) is 1. The molecule has 4 nitrogen and oxygen atoms in total. The van der Waals surface area contributed by atoms with E-state index >= 15 is 0 Å². The fraction of sp³-hybridized carbons (Fsp3) is 0.588. The summed E-state index contributed by atoms with van der Waals surface area (Å²) < 4.78 is 6.01. The first kappa shape index (κ1) is 13.1. The SMILES string of the molecule is O=C(O)C1CN(C2CCOC3(CCC3)C2)c2ccccc21. The number of hydrogen-bond acceptors (Lipinski definition) is 3. The average Bonchev–Trinajstić information content (AvgIpc) is 2.85. The van der Waals surface area contributed by atoms with Gasteiger partial charge in [0.05, 0.1) is 5.60 Å². The van der Waals surface area contributed by atoms with Crippen LogP contribution in [-0.2, 0) is 9.53 Å². The molecule has 1 saturated carbocycles. The zero-order valence-corrected chi connectivity index (χ0v) is 12.1. The van der Waals surface area contributed by atoms with Crippen LogP contribution >= 0.6 is 0 Å². The standard InChI is InChI=1S/C17H21NO3/c19-16(20)14-11-18(15-5-2-1-4-13(14)15)12-6-9-21-17(10-12)7-3-8-17/h1-2,4-5,12,14H,3,6-11H2,(H,19,20). The molecule has 1 saturated heterocycles. The first-order valence-electron chi connectivity index (χ1n) is 7.91. The Kier molecular flexibility index (Phi) is 2.96. The number of fused-ring (bicyclic) bond motifs is 1. The van der Waals surface area contributed by atoms with Gasteiger partial charge in [-0.1, -0.05) is 18.2 Å². The first-order chi connectivity index (χ1) is 10.2. The molecule has 0 radical (unpaired) electrons. The number of carbonyl (C=O) groups is 1. The average molecular weight is 287 g/mol. The van der Waals surface area contributed by atoms with Crippen LogP contribution in [0, 0.1) is 0 Å². The molecular weight excluding hydrogens is 266 g/mol. The van der Waals surface area contributed by atoms with Crippen LogP contribution in [0.2, 0.25) is 0 Å². The van der Waals surface area contributed by atoms with E-state index in [-0.39, 0.29) is 11.5 Å². The molecule has 1 aromatic carbocycles. The molecular formula is C17H21NO3. The molecule has 21 heavy (non-hydrogen) atoms. The van der Waals surface area contributed by atoms with Crippen LogP contribution in [0.5, 0.6) is 0 Å². The minimum Gasteiger partial charge on any atom is -0.481 e. The van der Waals surface area contributed by atoms with Gasteiger partial charge in [-0.25, -0.2) is 0 Å². The summed E-state index contributed by atoms with van der Waals surface area (Å²) >= 11 is 0. The zero-order valence-electron chi connectivity index (χ0n) is 12.1. The van der Waals surface area contributed by atoms with Crippen molar-refractivity contribution < 1.29 is 14.6 Å². The minimum absolute atomic E-state index is 0.0964. The van der Waals surface area contributed by atoms with E-state index in [0.717, 1.165) is 30.7 Å². The molecule has 2 fully saturated rings. The molecule has 1 N–H and O–H groups in total. The van der Waals surface area contributed by atoms with Gasteiger partial charge in [0.2, 0.25) is 0 Å². The highest BCUT2D eigenvalue weighted by Crippen LogP contribution is 2.46. The van der Waals surface area contributed by atoms with E-state index < -0.39 is 5.97 Å². The fourth-order valence-electron chi connectivity index (χ4n) is 4.18. The van der Waals surface area contributed by atoms with Gasteiger partial charge >= 0.3 is 5.97 Å². The van der Waals surface area contributed by atoms with Crippen LogP contribution in [0.25, 0.3) is 0 Å². The van der Waals surface area contributed by atoms with Crippen molar-refractivity contribution in [2.45, 2.75) is 49.7 Å². The molecule has 112 valence electrons. The summed E-state index contributed by atoms with van der Waals surface area (Å²) in [5, 5.41) is 9.48. The van der Waals surface area contributed by atoms with Crippen LogP contribution in [-0.4, -0.2) is 35.9 Å². The van der Waals surface area contributed by atoms with Crippen LogP contribution in [0.4, 0.5) is 5.69 Å². The summed E-state index contributed by atoms with van der Waals surface area (Å²) in [5.41, 5.74) is 2.18. The summed E-state index contributed by atoms with van der Waals surface area (Å²) in [6, 6.07) is 8.40. The van der Waals surface area contributed by atoms with Crippen LogP contribution < -0.4 is 4.90 Å². The van der Waals surface area contributed by atoms with E-state index in [4.69, 9.17) is 4.74 Å². The number of carboxylic acid groups (broad SMARTS) is 1. The summed E-state index contributed by atoms with van der Waals surface area (Å²) in [6.07, 6.45) is 5.65. The molecule has 3 aliphatic rings. The number of rotatable bonds is 2. The van der Waals surface area contributed by atoms with E-state index in [1.54, 1.807) is 0 Å². The van der Waals surface area contributed by atoms with Crippen molar-refractivity contribution in [1.82, 2.24) is 0 Å². The van der Waals surface area contributed by atoms with Gasteiger partial charge in [-0.15, -0.1) is 0 Å². The number of anilines is 1. The predicted molar refractivity (Wildman–Crippen MR) is 79.7 cm³/mol. The molecule has 1 aromatic rings. The maximum Gasteiger partial charge on any atom is 0.312 e. The normalized spacial score (nSPS) is 30.0. The third-order valence-corrected chi connectivity index (χ3v) is 5.47. The van der Waals surface area contributed by atoms with Gasteiger partial charge in [0, 0.05) is 24.9 Å². The molecule has 4 heteroatoms. The third kappa shape index (κ3) is 2.04. The molecule has 1 spiro atoms. The Balaban J connectivity index is 1.62. The summed E-state index contributed by atoms with van der Waals surface area (Å²) in [5.74, 6) is -1.10. The number of aliphatic carboxylic acids is 1. The number of ether oxygens (including phenoxy) is 1. The lowest BCUT2D eigenvalue weighted by atomic mass is 9.73. The molecule has 2 unspecified atom stereocenters. The highest BCUT2D eigenvalue weighted by Gasteiger charge is 2.46. The first-order valence-corrected chi connectivity index (χ1v) is 7.91. The number of carboxylic acids is 1. The largest absolute Gasteiger partial charge is 0.481 e. The molecule has 0 aromatic heterocycles. The van der Waals surface area contributed by atoms with Gasteiger partial charge in [0.1, 0.15) is 5.92 Å². The minimum atomic E-state index is -0.713. The number of para-hydroxylation sites is 1. The monoisotopic (exact) mass is 287 g/mol. The third-order valence-electron chi connectivity index (χ3n) is 5.47. The molecule has 4 rings (SSSR count). The van der Waals surface area contributed by atoms with Crippen molar-refractivity contribution in [3.05, 3.63) is 29.8 Å². The molecule has 1 aliphatic carbocycles. The topological polar surface area (TPSA) is 49.8 Å². The second-order valence-electron chi connectivity index (χ2n) is 6.63. The summed E-state index contributed by atoms with van der Waals surface area (Å²) in [6.45, 7) is 1.41. The van der Waals surface area contributed by atoms with Gasteiger partial charge < -0.3 is 14.7 Å². The second kappa shape index (κ2) is 4.73. The van der Waals surface area contributed by atoms with Crippen LogP contribution in [0.15, 0.2) is 24.3 Å². The summed E-state index contributed by atoms with van der Waals surface area (Å²) in [4.78, 5) is 13.9. The molecule has 0 bridgehead atoms. The van der Waals surface area contributed by atoms with Crippen molar-refractivity contribution in [2.75, 3.05) is 18.1 Å². The fourth-order valence-corrected chi connectivity index (χ4v) is 4.18. The lowest BCUT2D eigenvalue weighted by molar-refractivity contribution is -0.138. The molecule has 2 heterocycles. The lowest BCUT2D eigenvalue weighted by Crippen LogP contribution is -2.52. The quantitative estimate of drug-likeness (QED) is 0.908. The van der Waals surface area contributed by atoms with E-state index in [0.29, 0.717) is 12.6 Å². The molecule has 0 amide bonds. The Morgan fingerprint density at radius 1 is 1.33 bits per heavy atom. The maximum absolute atomic E-state index is 11.5. The Hall–Kier alpha value is -1.55. The van der Waals surface area contributed by atoms with E-state index in [1.165, 1.54) is 19.3 Å². The second-order valence-corrected chi connectivity index (χ2v) is 6.63. The smallest absolute Gasteiger partial charge is 0.312 e. The van der Waals surface area contributed by atoms with Gasteiger partial charge in [0.25, 0.3) is 0 Å². The van der Waals surface area contributed by atoms with Crippen molar-refractivity contribution in [2.24, 2.45) is 0 Å². The zero-order chi connectivity index (χ0) is 14.4. The predicted octanol–water partition coefficient (Wildman–Crippen LogP) is 2.78. The Bertz CT molecular complexity index is 567. The number of benzene rings is 1. The van der Waals surface area contributed by atoms with Crippen molar-refractivity contribution in [3.8, 4) is 0 Å². The number of nitrogens with zero attached hydrogens (tertiary/aromatic N) is 1. The Labute approximate surface area is 124 Å². The Morgan fingerprint density at radius 2 is 2.14 bits per heavy atom. The summed E-state index contributed by atoms with van der Waals surface area (Å²) in [7, 11) is 0. The Morgan fingerprint density at radius 3 is 2.86 bits per heavy atom. The van der Waals surface area contributed by atoms with Crippen LogP contribution in [0.1, 0.15) is 43.6 Å². The van der Waals surface area contributed by atoms with Gasteiger partial charge in [0.15, 0.2) is 0 Å². The van der Waals surface area contributed by atoms with Crippen molar-refractivity contribution >= 4 is 11.7 Å². The van der Waals surface area contributed by atoms with Gasteiger partial charge in [-0.2, -0.15) is 0 Å². The van der Waals surface area contributed by atoms with Crippen molar-refractivity contribution in [1.29, 1.82) is 0 Å². The highest BCUT2D eigenvalue weighted by molar-refractivity contribution is 5.83. The van der Waals surface area contributed by atoms with Crippen molar-refractivity contribution in [3.63, 3.8) is 0 Å². The maximum atomic E-state index is 11.5. The molecule has 2 aliphatic heterocycles. The van der Waals surface area contributed by atoms with E-state index in [9.17, 15) is 9.90 Å². The molecule has 2 atom stereocenters.